The van der Waals surface area contributed by atoms with E-state index in [0.29, 0.717) is 32.3 Å². The summed E-state index contributed by atoms with van der Waals surface area (Å²) < 4.78 is 14.2. The van der Waals surface area contributed by atoms with Gasteiger partial charge in [-0.25, -0.2) is 9.97 Å². The van der Waals surface area contributed by atoms with Crippen molar-refractivity contribution in [2.45, 2.75) is 75.4 Å². The number of benzene rings is 3. The molecule has 0 unspecified atom stereocenters. The lowest BCUT2D eigenvalue weighted by Gasteiger charge is -2.43. The molecule has 2 aromatic heterocycles. The number of rotatable bonds is 2. The predicted molar refractivity (Wildman–Crippen MR) is 206 cm³/mol. The van der Waals surface area contributed by atoms with Crippen molar-refractivity contribution in [1.82, 2.24) is 9.97 Å². The number of aromatic nitrogens is 2. The third-order valence-corrected chi connectivity index (χ3v) is 14.1. The average Bonchev–Trinajstić information content (AvgIpc) is 3.95. The van der Waals surface area contributed by atoms with Crippen molar-refractivity contribution in [3.8, 4) is 32.4 Å². The first kappa shape index (κ1) is 32.1. The van der Waals surface area contributed by atoms with Crippen LogP contribution in [-0.2, 0) is 11.2 Å². The highest BCUT2D eigenvalue weighted by atomic mass is 32.1. The molecule has 3 aromatic carbocycles. The van der Waals surface area contributed by atoms with E-state index in [-0.39, 0.29) is 34.3 Å². The third-order valence-electron chi connectivity index (χ3n) is 12.0. The van der Waals surface area contributed by atoms with Gasteiger partial charge in [-0.05, 0) is 75.7 Å². The molecule has 0 atom stereocenters. The van der Waals surface area contributed by atoms with Gasteiger partial charge in [0.15, 0.2) is 34.3 Å². The highest BCUT2D eigenvalue weighted by Gasteiger charge is 2.49. The lowest BCUT2D eigenvalue weighted by atomic mass is 9.78. The molecule has 266 valence electrons. The lowest BCUT2D eigenvalue weighted by molar-refractivity contribution is 0.0163. The fourth-order valence-electron chi connectivity index (χ4n) is 9.36. The Morgan fingerprint density at radius 1 is 0.500 bits per heavy atom. The minimum atomic E-state index is -0.626. The number of ether oxygens (including phenoxy) is 2. The van der Waals surface area contributed by atoms with E-state index in [2.05, 4.69) is 12.1 Å². The molecule has 2 aliphatic heterocycles. The Kier molecular flexibility index (Phi) is 6.90. The van der Waals surface area contributed by atoms with Crippen LogP contribution < -0.4 is 9.47 Å². The Bertz CT molecular complexity index is 2360. The van der Waals surface area contributed by atoms with Crippen LogP contribution in [0.2, 0.25) is 0 Å². The lowest BCUT2D eigenvalue weighted by Crippen LogP contribution is -2.39. The number of thiazole rings is 2. The SMILES string of the molecule is O=C1C(=Cc2nc3c(s2)-c2cc4c(cc2OC32CCCCC2)-c2sc(C=C3C(=O)c5ccccc5C3=O)nc2C2(CCCCC2)O4)C(=O)c2ccccc21. The Morgan fingerprint density at radius 3 is 1.20 bits per heavy atom. The molecule has 0 saturated heterocycles. The number of Topliss-reactive ketones (excluding diaryl/α,β-unsaturated/α-hetero) is 4. The van der Waals surface area contributed by atoms with Crippen LogP contribution >= 0.6 is 22.7 Å². The van der Waals surface area contributed by atoms with Gasteiger partial charge in [0, 0.05) is 33.4 Å². The zero-order valence-corrected chi connectivity index (χ0v) is 30.8. The Hall–Kier alpha value is -5.32. The fraction of sp³-hybridized carbons (Fsp3) is 0.273. The van der Waals surface area contributed by atoms with Crippen LogP contribution in [0, 0.1) is 0 Å². The number of allylic oxidation sites excluding steroid dienone is 2. The second kappa shape index (κ2) is 11.6. The highest BCUT2D eigenvalue weighted by molar-refractivity contribution is 7.16. The van der Waals surface area contributed by atoms with Gasteiger partial charge in [-0.15, -0.1) is 22.7 Å². The van der Waals surface area contributed by atoms with Gasteiger partial charge in [-0.3, -0.25) is 19.2 Å². The van der Waals surface area contributed by atoms with Gasteiger partial charge in [0.25, 0.3) is 0 Å². The topological polar surface area (TPSA) is 113 Å². The van der Waals surface area contributed by atoms with Crippen LogP contribution in [0.15, 0.2) is 71.8 Å². The molecule has 0 amide bonds. The summed E-state index contributed by atoms with van der Waals surface area (Å²) in [4.78, 5) is 65.6. The van der Waals surface area contributed by atoms with Crippen LogP contribution in [0.4, 0.5) is 0 Å². The van der Waals surface area contributed by atoms with Crippen LogP contribution in [0.25, 0.3) is 33.0 Å². The summed E-state index contributed by atoms with van der Waals surface area (Å²) in [6.45, 7) is 0. The second-order valence-corrected chi connectivity index (χ2v) is 17.2. The normalized spacial score (nSPS) is 19.8. The van der Waals surface area contributed by atoms with Gasteiger partial charge < -0.3 is 9.47 Å². The second-order valence-electron chi connectivity index (χ2n) is 15.1. The van der Waals surface area contributed by atoms with Crippen molar-refractivity contribution in [3.05, 3.63) is 115 Å². The van der Waals surface area contributed by atoms with Gasteiger partial charge >= 0.3 is 0 Å². The van der Waals surface area contributed by atoms with Gasteiger partial charge in [-0.1, -0.05) is 61.4 Å². The summed E-state index contributed by atoms with van der Waals surface area (Å²) in [5, 5.41) is 1.21. The molecule has 10 heteroatoms. The van der Waals surface area contributed by atoms with Gasteiger partial charge in [-0.2, -0.15) is 0 Å². The van der Waals surface area contributed by atoms with Gasteiger partial charge in [0.1, 0.15) is 32.9 Å². The monoisotopic (exact) mass is 748 g/mol. The molecule has 8 nitrogen and oxygen atoms in total. The van der Waals surface area contributed by atoms with Crippen molar-refractivity contribution < 1.29 is 28.7 Å². The van der Waals surface area contributed by atoms with Crippen molar-refractivity contribution >= 4 is 58.0 Å². The molecule has 2 saturated carbocycles. The fourth-order valence-corrected chi connectivity index (χ4v) is 11.6. The van der Waals surface area contributed by atoms with Crippen LogP contribution in [0.1, 0.15) is 127 Å². The molecule has 5 aromatic rings. The van der Waals surface area contributed by atoms with E-state index in [1.165, 1.54) is 22.7 Å². The molecule has 54 heavy (non-hydrogen) atoms. The summed E-state index contributed by atoms with van der Waals surface area (Å²) in [7, 11) is 0. The minimum absolute atomic E-state index is 0.141. The Balaban J connectivity index is 1.05. The molecule has 2 fully saturated rings. The maximum Gasteiger partial charge on any atom is 0.197 e. The first-order valence-electron chi connectivity index (χ1n) is 18.7. The minimum Gasteiger partial charge on any atom is -0.480 e. The molecular formula is C44H32N2O6S2. The molecule has 4 heterocycles. The molecular weight excluding hydrogens is 717 g/mol. The summed E-state index contributed by atoms with van der Waals surface area (Å²) in [6, 6.07) is 18.1. The van der Waals surface area contributed by atoms with Gasteiger partial charge in [0.05, 0.1) is 20.9 Å². The third kappa shape index (κ3) is 4.53. The largest absolute Gasteiger partial charge is 0.480 e. The number of ketones is 4. The smallest absolute Gasteiger partial charge is 0.197 e. The quantitative estimate of drug-likeness (QED) is 0.130. The number of fused-ring (bicyclic) bond motifs is 10. The first-order chi connectivity index (χ1) is 26.3. The maximum absolute atomic E-state index is 13.3. The maximum atomic E-state index is 13.3. The highest BCUT2D eigenvalue weighted by Crippen LogP contribution is 2.59. The van der Waals surface area contributed by atoms with E-state index in [1.54, 1.807) is 60.7 Å². The summed E-state index contributed by atoms with van der Waals surface area (Å²) in [5.41, 5.74) is 4.26. The molecule has 0 bridgehead atoms. The zero-order chi connectivity index (χ0) is 36.3. The van der Waals surface area contributed by atoms with E-state index < -0.39 is 11.2 Å². The number of hydrogen-bond donors (Lipinski definition) is 0. The van der Waals surface area contributed by atoms with Crippen LogP contribution in [0.3, 0.4) is 0 Å². The van der Waals surface area contributed by atoms with E-state index >= 15 is 0 Å². The van der Waals surface area contributed by atoms with E-state index in [4.69, 9.17) is 19.4 Å². The van der Waals surface area contributed by atoms with Crippen molar-refractivity contribution in [2.24, 2.45) is 0 Å². The van der Waals surface area contributed by atoms with E-state index in [0.717, 1.165) is 108 Å². The summed E-state index contributed by atoms with van der Waals surface area (Å²) >= 11 is 2.97. The standard InChI is InChI=1S/C44H32N2O6S2/c47-35-23-11-3-4-12-24(23)36(48)29(35)21-33-45-41-39(53-33)27-20-32-28(19-31(27)51-43(41)15-7-1-8-16-43)40-42(44(52-32)17-9-2-10-18-44)46-34(54-40)22-30-37(49)25-13-5-6-14-26(25)38(30)50/h3-6,11-14,19-22H,1-2,7-10,15-18H2. The van der Waals surface area contributed by atoms with Crippen molar-refractivity contribution in [1.29, 1.82) is 0 Å². The molecule has 4 aliphatic carbocycles. The zero-order valence-electron chi connectivity index (χ0n) is 29.2. The number of carbonyl (C=O) groups excluding carboxylic acids is 4. The van der Waals surface area contributed by atoms with Crippen molar-refractivity contribution in [2.75, 3.05) is 0 Å². The molecule has 2 spiro atoms. The summed E-state index contributed by atoms with van der Waals surface area (Å²) in [6.07, 6.45) is 12.8. The molecule has 0 radical (unpaired) electrons. The van der Waals surface area contributed by atoms with Gasteiger partial charge in [0.2, 0.25) is 0 Å². The number of carbonyl (C=O) groups is 4. The molecule has 6 aliphatic rings. The van der Waals surface area contributed by atoms with Crippen molar-refractivity contribution in [3.63, 3.8) is 0 Å². The Morgan fingerprint density at radius 2 is 0.852 bits per heavy atom. The first-order valence-corrected chi connectivity index (χ1v) is 20.4. The Labute approximate surface area is 318 Å². The average molecular weight is 749 g/mol. The van der Waals surface area contributed by atoms with Crippen LogP contribution in [-0.4, -0.2) is 33.1 Å². The number of hydrogen-bond acceptors (Lipinski definition) is 10. The predicted octanol–water partition coefficient (Wildman–Crippen LogP) is 9.96. The van der Waals surface area contributed by atoms with E-state index in [9.17, 15) is 19.2 Å². The number of nitrogens with zero attached hydrogens (tertiary/aromatic N) is 2. The summed E-state index contributed by atoms with van der Waals surface area (Å²) in [5.74, 6) is 0.407. The molecule has 0 N–H and O–H groups in total. The van der Waals surface area contributed by atoms with Crippen LogP contribution in [0.5, 0.6) is 11.5 Å². The molecule has 11 rings (SSSR count). The van der Waals surface area contributed by atoms with E-state index in [1.807, 2.05) is 0 Å².